The van der Waals surface area contributed by atoms with Crippen molar-refractivity contribution in [3.05, 3.63) is 12.2 Å². The third-order valence-electron chi connectivity index (χ3n) is 11.9. The lowest BCUT2D eigenvalue weighted by atomic mass is 10.0. The standard InChI is InChI=1S/C52H102O2/c1-3-5-7-9-11-13-15-17-19-21-22-23-24-25-26-27-28-29-30-31-32-33-35-37-39-41-43-45-47-49-51-54-52(53)50-48-46-44-42-40-38-36-34-20-18-16-14-12-10-8-6-4-2/h14,16H,3-13,15,17-51H2,1-2H3. The van der Waals surface area contributed by atoms with E-state index in [2.05, 4.69) is 26.0 Å². The van der Waals surface area contributed by atoms with Gasteiger partial charge in [0, 0.05) is 6.42 Å². The molecule has 0 unspecified atom stereocenters. The molecule has 54 heavy (non-hydrogen) atoms. The van der Waals surface area contributed by atoms with Gasteiger partial charge in [-0.05, 0) is 38.5 Å². The van der Waals surface area contributed by atoms with Crippen molar-refractivity contribution in [2.24, 2.45) is 0 Å². The first kappa shape index (κ1) is 53.2. The minimum atomic E-state index is 0.0282. The fourth-order valence-electron chi connectivity index (χ4n) is 8.08. The number of esters is 1. The second kappa shape index (κ2) is 50.2. The molecule has 0 saturated heterocycles. The second-order valence-electron chi connectivity index (χ2n) is 17.5. The van der Waals surface area contributed by atoms with Crippen LogP contribution in [0.2, 0.25) is 0 Å². The highest BCUT2D eigenvalue weighted by Gasteiger charge is 2.03. The maximum atomic E-state index is 12.0. The molecule has 0 aromatic rings. The molecular formula is C52H102O2. The summed E-state index contributed by atoms with van der Waals surface area (Å²) in [5, 5.41) is 0. The van der Waals surface area contributed by atoms with Gasteiger partial charge in [-0.15, -0.1) is 0 Å². The molecule has 0 spiro atoms. The zero-order valence-electron chi connectivity index (χ0n) is 37.7. The van der Waals surface area contributed by atoms with Crippen molar-refractivity contribution in [1.82, 2.24) is 0 Å². The van der Waals surface area contributed by atoms with E-state index in [4.69, 9.17) is 4.74 Å². The lowest BCUT2D eigenvalue weighted by Gasteiger charge is -2.06. The van der Waals surface area contributed by atoms with Gasteiger partial charge in [0.05, 0.1) is 6.61 Å². The first-order valence-corrected chi connectivity index (χ1v) is 25.6. The zero-order chi connectivity index (χ0) is 38.9. The van der Waals surface area contributed by atoms with Crippen LogP contribution in [0, 0.1) is 0 Å². The SMILES string of the molecule is CCCCCCC=CCCCCCCCCCCCC(=O)OCCCCCCCCCCCCCCCCCCCCCCCCCCCCCCCC. The lowest BCUT2D eigenvalue weighted by Crippen LogP contribution is -2.05. The van der Waals surface area contributed by atoms with Crippen LogP contribution in [0.3, 0.4) is 0 Å². The summed E-state index contributed by atoms with van der Waals surface area (Å²) < 4.78 is 5.49. The molecule has 2 nitrogen and oxygen atoms in total. The fraction of sp³-hybridized carbons (Fsp3) is 0.942. The Balaban J connectivity index is 3.15. The maximum Gasteiger partial charge on any atom is 0.305 e. The van der Waals surface area contributed by atoms with Crippen LogP contribution in [0.25, 0.3) is 0 Å². The molecule has 0 heterocycles. The molecule has 2 heteroatoms. The molecule has 0 amide bonds. The van der Waals surface area contributed by atoms with Gasteiger partial charge in [-0.2, -0.15) is 0 Å². The van der Waals surface area contributed by atoms with E-state index in [1.54, 1.807) is 0 Å². The van der Waals surface area contributed by atoms with Crippen LogP contribution in [0.1, 0.15) is 309 Å². The summed E-state index contributed by atoms with van der Waals surface area (Å²) in [6.45, 7) is 5.22. The second-order valence-corrected chi connectivity index (χ2v) is 17.5. The van der Waals surface area contributed by atoms with E-state index >= 15 is 0 Å². The molecule has 0 aliphatic carbocycles. The van der Waals surface area contributed by atoms with Crippen LogP contribution >= 0.6 is 0 Å². The first-order valence-electron chi connectivity index (χ1n) is 25.6. The van der Waals surface area contributed by atoms with E-state index in [0.717, 1.165) is 12.8 Å². The first-order chi connectivity index (χ1) is 26.8. The van der Waals surface area contributed by atoms with Crippen molar-refractivity contribution in [3.63, 3.8) is 0 Å². The molecule has 0 aliphatic heterocycles. The Morgan fingerprint density at radius 3 is 0.815 bits per heavy atom. The Morgan fingerprint density at radius 2 is 0.519 bits per heavy atom. The van der Waals surface area contributed by atoms with Gasteiger partial charge < -0.3 is 4.74 Å². The molecule has 0 bridgehead atoms. The van der Waals surface area contributed by atoms with Crippen molar-refractivity contribution in [2.45, 2.75) is 309 Å². The Hall–Kier alpha value is -0.790. The zero-order valence-corrected chi connectivity index (χ0v) is 37.7. The summed E-state index contributed by atoms with van der Waals surface area (Å²) in [6.07, 6.45) is 67.9. The molecule has 322 valence electrons. The van der Waals surface area contributed by atoms with Gasteiger partial charge in [0.25, 0.3) is 0 Å². The largest absolute Gasteiger partial charge is 0.466 e. The molecule has 0 saturated carbocycles. The number of carbonyl (C=O) groups is 1. The van der Waals surface area contributed by atoms with E-state index in [9.17, 15) is 4.79 Å². The lowest BCUT2D eigenvalue weighted by molar-refractivity contribution is -0.143. The van der Waals surface area contributed by atoms with Crippen molar-refractivity contribution in [1.29, 1.82) is 0 Å². The minimum Gasteiger partial charge on any atom is -0.466 e. The Bertz CT molecular complexity index is 698. The fourth-order valence-corrected chi connectivity index (χ4v) is 8.08. The summed E-state index contributed by atoms with van der Waals surface area (Å²) in [5.74, 6) is 0.0282. The predicted octanol–water partition coefficient (Wildman–Crippen LogP) is 19.1. The molecule has 0 fully saturated rings. The van der Waals surface area contributed by atoms with Gasteiger partial charge in [0.15, 0.2) is 0 Å². The van der Waals surface area contributed by atoms with Crippen molar-refractivity contribution in [2.75, 3.05) is 6.61 Å². The molecule has 0 rings (SSSR count). The van der Waals surface area contributed by atoms with E-state index < -0.39 is 0 Å². The molecule has 0 aromatic carbocycles. The van der Waals surface area contributed by atoms with Gasteiger partial charge in [-0.25, -0.2) is 0 Å². The summed E-state index contributed by atoms with van der Waals surface area (Å²) >= 11 is 0. The summed E-state index contributed by atoms with van der Waals surface area (Å²) in [4.78, 5) is 12.0. The van der Waals surface area contributed by atoms with Gasteiger partial charge in [-0.3, -0.25) is 4.79 Å². The van der Waals surface area contributed by atoms with Gasteiger partial charge in [-0.1, -0.05) is 276 Å². The Morgan fingerprint density at radius 1 is 0.296 bits per heavy atom. The third-order valence-corrected chi connectivity index (χ3v) is 11.9. The number of ether oxygens (including phenoxy) is 1. The number of carbonyl (C=O) groups excluding carboxylic acids is 1. The normalized spacial score (nSPS) is 11.7. The topological polar surface area (TPSA) is 26.3 Å². The Labute approximate surface area is 342 Å². The number of rotatable bonds is 48. The minimum absolute atomic E-state index is 0.0282. The average molecular weight is 759 g/mol. The highest BCUT2D eigenvalue weighted by atomic mass is 16.5. The number of unbranched alkanes of at least 4 members (excludes halogenated alkanes) is 42. The van der Waals surface area contributed by atoms with Crippen molar-refractivity contribution >= 4 is 5.97 Å². The van der Waals surface area contributed by atoms with Crippen LogP contribution in [-0.4, -0.2) is 12.6 Å². The van der Waals surface area contributed by atoms with Crippen LogP contribution in [0.15, 0.2) is 12.2 Å². The Kier molecular flexibility index (Phi) is 49.5. The van der Waals surface area contributed by atoms with Crippen LogP contribution in [-0.2, 0) is 9.53 Å². The molecule has 0 radical (unpaired) electrons. The van der Waals surface area contributed by atoms with Gasteiger partial charge in [0.1, 0.15) is 0 Å². The number of hydrogen-bond acceptors (Lipinski definition) is 2. The summed E-state index contributed by atoms with van der Waals surface area (Å²) in [7, 11) is 0. The van der Waals surface area contributed by atoms with Crippen LogP contribution in [0.5, 0.6) is 0 Å². The van der Waals surface area contributed by atoms with E-state index in [1.807, 2.05) is 0 Å². The highest BCUT2D eigenvalue weighted by molar-refractivity contribution is 5.69. The van der Waals surface area contributed by atoms with Crippen LogP contribution < -0.4 is 0 Å². The highest BCUT2D eigenvalue weighted by Crippen LogP contribution is 2.17. The van der Waals surface area contributed by atoms with Gasteiger partial charge in [0.2, 0.25) is 0 Å². The summed E-state index contributed by atoms with van der Waals surface area (Å²) in [5.41, 5.74) is 0. The monoisotopic (exact) mass is 759 g/mol. The molecule has 0 N–H and O–H groups in total. The van der Waals surface area contributed by atoms with Crippen molar-refractivity contribution in [3.8, 4) is 0 Å². The molecular weight excluding hydrogens is 657 g/mol. The average Bonchev–Trinajstić information content (AvgIpc) is 3.18. The van der Waals surface area contributed by atoms with E-state index in [0.29, 0.717) is 13.0 Å². The van der Waals surface area contributed by atoms with E-state index in [1.165, 1.54) is 276 Å². The van der Waals surface area contributed by atoms with Crippen molar-refractivity contribution < 1.29 is 9.53 Å². The smallest absolute Gasteiger partial charge is 0.305 e. The third kappa shape index (κ3) is 49.2. The summed E-state index contributed by atoms with van der Waals surface area (Å²) in [6, 6.07) is 0. The predicted molar refractivity (Wildman–Crippen MR) is 244 cm³/mol. The molecule has 0 atom stereocenters. The number of hydrogen-bond donors (Lipinski definition) is 0. The van der Waals surface area contributed by atoms with E-state index in [-0.39, 0.29) is 5.97 Å². The maximum absolute atomic E-state index is 12.0. The van der Waals surface area contributed by atoms with Crippen LogP contribution in [0.4, 0.5) is 0 Å². The number of allylic oxidation sites excluding steroid dienone is 2. The molecule has 0 aliphatic rings. The van der Waals surface area contributed by atoms with Gasteiger partial charge >= 0.3 is 5.97 Å². The molecule has 0 aromatic heterocycles. The quantitative estimate of drug-likeness (QED) is 0.0351.